The molecule has 0 saturated carbocycles. The fourth-order valence-electron chi connectivity index (χ4n) is 5.60. The topological polar surface area (TPSA) is 170 Å². The number of benzene rings is 4. The van der Waals surface area contributed by atoms with E-state index in [9.17, 15) is 19.8 Å². The summed E-state index contributed by atoms with van der Waals surface area (Å²) in [6, 6.07) is 22.4. The predicted molar refractivity (Wildman–Crippen MR) is 191 cm³/mol. The maximum absolute atomic E-state index is 11.9. The van der Waals surface area contributed by atoms with Crippen LogP contribution in [0.4, 0.5) is 0 Å². The number of carboxylic acid groups (broad SMARTS) is 2. The lowest BCUT2D eigenvalue weighted by molar-refractivity contribution is -0.146. The molecule has 0 spiro atoms. The molecule has 0 fully saturated rings. The van der Waals surface area contributed by atoms with Gasteiger partial charge < -0.3 is 38.7 Å². The lowest BCUT2D eigenvalue weighted by Gasteiger charge is -2.25. The highest BCUT2D eigenvalue weighted by Crippen LogP contribution is 2.38. The van der Waals surface area contributed by atoms with E-state index in [0.717, 1.165) is 33.6 Å². The normalized spacial score (nSPS) is 13.3. The fraction of sp³-hybridized carbons (Fsp3) is 0.256. The van der Waals surface area contributed by atoms with Crippen LogP contribution in [0.2, 0.25) is 5.02 Å². The van der Waals surface area contributed by atoms with Gasteiger partial charge in [0.2, 0.25) is 5.89 Å². The Labute approximate surface area is 304 Å². The smallest absolute Gasteiger partial charge is 0.326 e. The molecule has 0 bridgehead atoms. The third-order valence-electron chi connectivity index (χ3n) is 8.71. The largest absolute Gasteiger partial charge is 0.488 e. The molecular weight excluding hydrogens is 692 g/mol. The molecule has 6 rings (SSSR count). The van der Waals surface area contributed by atoms with E-state index >= 15 is 0 Å². The molecule has 0 amide bonds. The van der Waals surface area contributed by atoms with Gasteiger partial charge >= 0.3 is 11.9 Å². The average Bonchev–Trinajstić information content (AvgIpc) is 3.61. The molecule has 2 heterocycles. The molecule has 4 N–H and O–H groups in total. The van der Waals surface area contributed by atoms with Gasteiger partial charge in [-0.15, -0.1) is 0 Å². The van der Waals surface area contributed by atoms with E-state index in [1.54, 1.807) is 24.3 Å². The molecule has 1 unspecified atom stereocenters. The van der Waals surface area contributed by atoms with Crippen LogP contribution in [0.1, 0.15) is 34.9 Å². The van der Waals surface area contributed by atoms with Gasteiger partial charge in [0.1, 0.15) is 49.7 Å². The molecule has 5 aromatic rings. The van der Waals surface area contributed by atoms with Crippen LogP contribution in [-0.4, -0.2) is 57.6 Å². The number of aliphatic hydroxyl groups is 1. The second-order valence-corrected chi connectivity index (χ2v) is 12.9. The van der Waals surface area contributed by atoms with Crippen LogP contribution >= 0.6 is 11.6 Å². The minimum Gasteiger partial charge on any atom is -0.488 e. The molecule has 12 nitrogen and oxygen atoms in total. The number of nitrogens with one attached hydrogen (secondary N) is 1. The standard InChI is InChI=1S/C39H37ClN2O10/c1-23-27(7-4-8-30(23)25-9-10-32-35(15-25)49-12-11-48-32)20-51-34-17-33(28(14-31(34)40)18-41-39(2,22-43)38(46)47)50-19-24-5-3-6-26(13-24)37-42-29(21-52-37)16-36(44)45/h3-10,13-15,17,21,41,43H,11-12,16,18-20,22H2,1-2H3,(H,44,45)(H,46,47). The molecule has 13 heteroatoms. The summed E-state index contributed by atoms with van der Waals surface area (Å²) in [5.41, 5.74) is 4.58. The van der Waals surface area contributed by atoms with Crippen molar-refractivity contribution in [2.45, 2.75) is 45.6 Å². The van der Waals surface area contributed by atoms with Crippen molar-refractivity contribution in [3.05, 3.63) is 112 Å². The van der Waals surface area contributed by atoms with Crippen LogP contribution in [0.25, 0.3) is 22.6 Å². The van der Waals surface area contributed by atoms with Gasteiger partial charge in [-0.1, -0.05) is 48.0 Å². The summed E-state index contributed by atoms with van der Waals surface area (Å²) in [5.74, 6) is 0.202. The summed E-state index contributed by atoms with van der Waals surface area (Å²) in [5, 5.41) is 31.7. The number of hydrogen-bond acceptors (Lipinski definition) is 10. The Balaban J connectivity index is 1.23. The Hall–Kier alpha value is -5.56. The van der Waals surface area contributed by atoms with E-state index in [1.165, 1.54) is 13.2 Å². The first kappa shape index (κ1) is 36.2. The number of rotatable bonds is 15. The molecule has 1 aliphatic rings. The molecule has 270 valence electrons. The van der Waals surface area contributed by atoms with Gasteiger partial charge in [-0.2, -0.15) is 0 Å². The maximum Gasteiger partial charge on any atom is 0.326 e. The summed E-state index contributed by atoms with van der Waals surface area (Å²) >= 11 is 6.73. The quantitative estimate of drug-likeness (QED) is 0.0931. The lowest BCUT2D eigenvalue weighted by Crippen LogP contribution is -2.52. The van der Waals surface area contributed by atoms with Gasteiger partial charge in [0, 0.05) is 23.7 Å². The zero-order valence-corrected chi connectivity index (χ0v) is 29.2. The first-order chi connectivity index (χ1) is 25.0. The maximum atomic E-state index is 11.9. The minimum absolute atomic E-state index is 0.0120. The number of aliphatic carboxylic acids is 2. The van der Waals surface area contributed by atoms with Gasteiger partial charge in [-0.25, -0.2) is 4.98 Å². The molecule has 4 aromatic carbocycles. The summed E-state index contributed by atoms with van der Waals surface area (Å²) < 4.78 is 29.5. The third kappa shape index (κ3) is 8.31. The van der Waals surface area contributed by atoms with Crippen LogP contribution in [0, 0.1) is 6.92 Å². The second kappa shape index (κ2) is 15.8. The monoisotopic (exact) mass is 728 g/mol. The summed E-state index contributed by atoms with van der Waals surface area (Å²) in [4.78, 5) is 27.2. The molecule has 1 aromatic heterocycles. The second-order valence-electron chi connectivity index (χ2n) is 12.5. The van der Waals surface area contributed by atoms with Crippen molar-refractivity contribution in [3.63, 3.8) is 0 Å². The van der Waals surface area contributed by atoms with E-state index in [1.807, 2.05) is 55.5 Å². The van der Waals surface area contributed by atoms with Crippen molar-refractivity contribution in [2.75, 3.05) is 19.8 Å². The van der Waals surface area contributed by atoms with E-state index in [2.05, 4.69) is 10.3 Å². The minimum atomic E-state index is -1.61. The lowest BCUT2D eigenvalue weighted by atomic mass is 9.96. The fourth-order valence-corrected chi connectivity index (χ4v) is 5.84. The van der Waals surface area contributed by atoms with Crippen molar-refractivity contribution >= 4 is 23.5 Å². The van der Waals surface area contributed by atoms with E-state index in [4.69, 9.17) is 40.1 Å². The molecule has 0 radical (unpaired) electrons. The number of aliphatic hydroxyl groups excluding tert-OH is 1. The number of aromatic nitrogens is 1. The van der Waals surface area contributed by atoms with Gasteiger partial charge in [0.05, 0.1) is 23.7 Å². The average molecular weight is 729 g/mol. The summed E-state index contributed by atoms with van der Waals surface area (Å²) in [7, 11) is 0. The Morgan fingerprint density at radius 1 is 0.904 bits per heavy atom. The first-order valence-electron chi connectivity index (χ1n) is 16.4. The van der Waals surface area contributed by atoms with E-state index in [0.29, 0.717) is 47.3 Å². The first-order valence-corrected chi connectivity index (χ1v) is 16.8. The highest BCUT2D eigenvalue weighted by atomic mass is 35.5. The SMILES string of the molecule is Cc1c(COc2cc(OCc3cccc(-c4nc(CC(=O)O)co4)c3)c(CNC(C)(CO)C(=O)O)cc2Cl)cccc1-c1ccc2c(c1)OCCO2. The molecule has 0 saturated heterocycles. The predicted octanol–water partition coefficient (Wildman–Crippen LogP) is 6.45. The van der Waals surface area contributed by atoms with Crippen molar-refractivity contribution < 1.29 is 48.3 Å². The Morgan fingerprint density at radius 3 is 2.44 bits per heavy atom. The van der Waals surface area contributed by atoms with Crippen molar-refractivity contribution in [1.29, 1.82) is 0 Å². The van der Waals surface area contributed by atoms with Crippen molar-refractivity contribution in [2.24, 2.45) is 0 Å². The third-order valence-corrected chi connectivity index (χ3v) is 9.00. The molecule has 52 heavy (non-hydrogen) atoms. The number of hydrogen-bond donors (Lipinski definition) is 4. The number of oxazole rings is 1. The van der Waals surface area contributed by atoms with Crippen molar-refractivity contribution in [1.82, 2.24) is 10.3 Å². The van der Waals surface area contributed by atoms with Gasteiger partial charge in [-0.3, -0.25) is 14.9 Å². The molecule has 1 aliphatic heterocycles. The van der Waals surface area contributed by atoms with Gasteiger partial charge in [0.15, 0.2) is 11.5 Å². The number of ether oxygens (including phenoxy) is 4. The Kier molecular flexibility index (Phi) is 11.0. The number of carboxylic acids is 2. The Bertz CT molecular complexity index is 2100. The van der Waals surface area contributed by atoms with Crippen LogP contribution in [0.15, 0.2) is 83.5 Å². The van der Waals surface area contributed by atoms with Crippen LogP contribution in [-0.2, 0) is 35.8 Å². The zero-order valence-electron chi connectivity index (χ0n) is 28.5. The van der Waals surface area contributed by atoms with E-state index in [-0.39, 0.29) is 37.1 Å². The summed E-state index contributed by atoms with van der Waals surface area (Å²) in [6.07, 6.45) is 1.06. The van der Waals surface area contributed by atoms with Crippen LogP contribution in [0.3, 0.4) is 0 Å². The zero-order chi connectivity index (χ0) is 36.8. The highest BCUT2D eigenvalue weighted by Gasteiger charge is 2.32. The van der Waals surface area contributed by atoms with Gasteiger partial charge in [-0.05, 0) is 72.0 Å². The number of nitrogens with zero attached hydrogens (tertiary/aromatic N) is 1. The molecular formula is C39H37ClN2O10. The van der Waals surface area contributed by atoms with Crippen LogP contribution < -0.4 is 24.3 Å². The molecule has 0 aliphatic carbocycles. The van der Waals surface area contributed by atoms with Gasteiger partial charge in [0.25, 0.3) is 0 Å². The van der Waals surface area contributed by atoms with Crippen molar-refractivity contribution in [3.8, 4) is 45.6 Å². The number of carbonyl (C=O) groups is 2. The highest BCUT2D eigenvalue weighted by molar-refractivity contribution is 6.32. The Morgan fingerprint density at radius 2 is 1.67 bits per heavy atom. The van der Waals surface area contributed by atoms with E-state index < -0.39 is 24.1 Å². The van der Waals surface area contributed by atoms with Crippen LogP contribution in [0.5, 0.6) is 23.0 Å². The summed E-state index contributed by atoms with van der Waals surface area (Å²) in [6.45, 7) is 4.09. The number of halogens is 1. The number of fused-ring (bicyclic) bond motifs is 1. The molecule has 1 atom stereocenters.